The number of hydrogen-bond acceptors (Lipinski definition) is 5. The van der Waals surface area contributed by atoms with Crippen molar-refractivity contribution in [2.75, 3.05) is 13.2 Å². The van der Waals surface area contributed by atoms with Gasteiger partial charge in [0.1, 0.15) is 18.1 Å². The molecule has 9 heteroatoms. The first-order valence-electron chi connectivity index (χ1n) is 10.9. The zero-order chi connectivity index (χ0) is 23.9. The van der Waals surface area contributed by atoms with E-state index in [2.05, 4.69) is 4.99 Å². The quantitative estimate of drug-likeness (QED) is 0.267. The summed E-state index contributed by atoms with van der Waals surface area (Å²) in [5, 5.41) is 21.7. The van der Waals surface area contributed by atoms with E-state index in [-0.39, 0.29) is 36.1 Å². The zero-order valence-electron chi connectivity index (χ0n) is 18.6. The maximum Gasteiger partial charge on any atom is 0.352 e. The normalized spacial score (nSPS) is 22.7. The van der Waals surface area contributed by atoms with E-state index in [9.17, 15) is 19.8 Å². The van der Waals surface area contributed by atoms with Gasteiger partial charge < -0.3 is 31.3 Å². The highest BCUT2D eigenvalue weighted by Crippen LogP contribution is 2.47. The lowest BCUT2D eigenvalue weighted by molar-refractivity contribution is -0.163. The fraction of sp³-hybridized carbons (Fsp3) is 0.375. The van der Waals surface area contributed by atoms with Gasteiger partial charge in [0.2, 0.25) is 5.91 Å². The molecule has 6 N–H and O–H groups in total. The third-order valence-electron chi connectivity index (χ3n) is 6.55. The maximum absolute atomic E-state index is 12.5. The second kappa shape index (κ2) is 8.74. The van der Waals surface area contributed by atoms with Crippen LogP contribution in [0.25, 0.3) is 10.8 Å². The number of nitrogens with two attached hydrogens (primary N) is 2. The molecule has 0 spiro atoms. The summed E-state index contributed by atoms with van der Waals surface area (Å²) in [6, 6.07) is 11.2. The Balaban J connectivity index is 1.60. The van der Waals surface area contributed by atoms with Crippen LogP contribution in [0.4, 0.5) is 0 Å². The number of rotatable bonds is 8. The molecule has 0 unspecified atom stereocenters. The first-order chi connectivity index (χ1) is 15.7. The summed E-state index contributed by atoms with van der Waals surface area (Å²) in [6.07, 6.45) is -0.185. The number of carbonyl (C=O) groups excluding carboxylic acids is 1. The molecule has 0 bridgehead atoms. The molecule has 0 aliphatic carbocycles. The lowest BCUT2D eigenvalue weighted by Crippen LogP contribution is -2.63. The number of fused-ring (bicyclic) bond motifs is 2. The molecule has 9 nitrogen and oxygen atoms in total. The number of nitrogens with zero attached hydrogens (tertiary/aromatic N) is 2. The molecule has 0 radical (unpaired) electrons. The van der Waals surface area contributed by atoms with Gasteiger partial charge in [-0.05, 0) is 30.4 Å². The summed E-state index contributed by atoms with van der Waals surface area (Å²) >= 11 is 0. The smallest absolute Gasteiger partial charge is 0.352 e. The third kappa shape index (κ3) is 3.89. The molecule has 0 saturated carbocycles. The molecule has 1 fully saturated rings. The summed E-state index contributed by atoms with van der Waals surface area (Å²) in [4.78, 5) is 29.8. The van der Waals surface area contributed by atoms with Crippen molar-refractivity contribution in [2.24, 2.45) is 28.3 Å². The van der Waals surface area contributed by atoms with Gasteiger partial charge in [-0.1, -0.05) is 37.3 Å². The summed E-state index contributed by atoms with van der Waals surface area (Å²) in [5.41, 5.74) is 12.4. The van der Waals surface area contributed by atoms with Crippen LogP contribution in [-0.4, -0.2) is 58.2 Å². The van der Waals surface area contributed by atoms with Crippen LogP contribution in [0.3, 0.4) is 0 Å². The highest BCUT2D eigenvalue weighted by molar-refractivity contribution is 6.00. The zero-order valence-corrected chi connectivity index (χ0v) is 18.6. The second-order valence-electron chi connectivity index (χ2n) is 8.55. The summed E-state index contributed by atoms with van der Waals surface area (Å²) < 4.78 is 6.12. The number of carboxylic acids is 1. The van der Waals surface area contributed by atoms with Crippen LogP contribution in [0.2, 0.25) is 0 Å². The molecule has 4 rings (SSSR count). The maximum atomic E-state index is 12.5. The summed E-state index contributed by atoms with van der Waals surface area (Å²) in [5.74, 6) is -1.69. The number of aliphatic imine (C=N–C) groups is 1. The number of aliphatic carboxylic acids is 1. The number of amides is 1. The van der Waals surface area contributed by atoms with Crippen molar-refractivity contribution in [3.8, 4) is 5.75 Å². The van der Waals surface area contributed by atoms with E-state index in [4.69, 9.17) is 16.2 Å². The van der Waals surface area contributed by atoms with Gasteiger partial charge in [-0.3, -0.25) is 9.79 Å². The fourth-order valence-corrected chi connectivity index (χ4v) is 4.99. The molecule has 1 amide bonds. The Labute approximate surface area is 191 Å². The van der Waals surface area contributed by atoms with Crippen molar-refractivity contribution in [3.05, 3.63) is 53.2 Å². The standard InChI is InChI=1S/C24H28N4O5/c1-12-17(21(23(31)32)28-20(12)19(13(2)29)22(28)30)11-33-18-8-4-6-15-14(5-3-7-16(15)18)9-10-27-24(25)26/h3-8,12-13,19-20,29H,9-11H2,1-2H3,(H,31,32)(H4,25,26,27)/t12-,13+,19+,20+/m0/s1. The van der Waals surface area contributed by atoms with Crippen molar-refractivity contribution in [3.63, 3.8) is 0 Å². The van der Waals surface area contributed by atoms with Gasteiger partial charge in [0.05, 0.1) is 18.1 Å². The number of aliphatic hydroxyl groups excluding tert-OH is 1. The highest BCUT2D eigenvalue weighted by Gasteiger charge is 2.59. The number of carbonyl (C=O) groups is 2. The Bertz CT molecular complexity index is 1170. The molecule has 1 saturated heterocycles. The van der Waals surface area contributed by atoms with Crippen LogP contribution in [0, 0.1) is 11.8 Å². The monoisotopic (exact) mass is 452 g/mol. The van der Waals surface area contributed by atoms with Crippen molar-refractivity contribution < 1.29 is 24.5 Å². The molecule has 2 aliphatic heterocycles. The Hall–Kier alpha value is -3.59. The predicted molar refractivity (Wildman–Crippen MR) is 123 cm³/mol. The summed E-state index contributed by atoms with van der Waals surface area (Å²) in [7, 11) is 0. The fourth-order valence-electron chi connectivity index (χ4n) is 4.99. The Kier molecular flexibility index (Phi) is 5.99. The average Bonchev–Trinajstić information content (AvgIpc) is 3.00. The SMILES string of the molecule is C[C@@H](O)[C@H]1C(=O)N2C(C(=O)O)=C(COc3cccc4c(CCN=C(N)N)cccc34)[C@H](C)[C@H]12. The van der Waals surface area contributed by atoms with Crippen LogP contribution in [0.15, 0.2) is 52.7 Å². The van der Waals surface area contributed by atoms with Crippen LogP contribution in [0.1, 0.15) is 19.4 Å². The number of carboxylic acid groups (broad SMARTS) is 1. The van der Waals surface area contributed by atoms with Crippen molar-refractivity contribution >= 4 is 28.6 Å². The first kappa shape index (κ1) is 22.6. The molecule has 174 valence electrons. The Morgan fingerprint density at radius 2 is 1.91 bits per heavy atom. The summed E-state index contributed by atoms with van der Waals surface area (Å²) in [6.45, 7) is 3.93. The molecule has 2 aromatic carbocycles. The minimum absolute atomic E-state index is 0.0347. The van der Waals surface area contributed by atoms with E-state index in [1.165, 1.54) is 4.90 Å². The van der Waals surface area contributed by atoms with Gasteiger partial charge in [-0.2, -0.15) is 0 Å². The van der Waals surface area contributed by atoms with E-state index >= 15 is 0 Å². The van der Waals surface area contributed by atoms with Crippen molar-refractivity contribution in [1.29, 1.82) is 0 Å². The molecular weight excluding hydrogens is 424 g/mol. The van der Waals surface area contributed by atoms with Crippen LogP contribution in [0.5, 0.6) is 5.75 Å². The number of aliphatic hydroxyl groups is 1. The van der Waals surface area contributed by atoms with Gasteiger partial charge >= 0.3 is 5.97 Å². The van der Waals surface area contributed by atoms with Gasteiger partial charge in [0.25, 0.3) is 0 Å². The number of hydrogen-bond donors (Lipinski definition) is 4. The van der Waals surface area contributed by atoms with Gasteiger partial charge in [-0.15, -0.1) is 0 Å². The molecule has 2 aliphatic rings. The average molecular weight is 453 g/mol. The first-order valence-corrected chi connectivity index (χ1v) is 10.9. The second-order valence-corrected chi connectivity index (χ2v) is 8.55. The number of guanidine groups is 1. The molecule has 4 atom stereocenters. The van der Waals surface area contributed by atoms with Crippen LogP contribution >= 0.6 is 0 Å². The lowest BCUT2D eigenvalue weighted by atomic mass is 9.78. The van der Waals surface area contributed by atoms with E-state index in [1.807, 2.05) is 43.3 Å². The predicted octanol–water partition coefficient (Wildman–Crippen LogP) is 1.23. The van der Waals surface area contributed by atoms with E-state index in [0.29, 0.717) is 24.3 Å². The number of benzene rings is 2. The molecule has 33 heavy (non-hydrogen) atoms. The minimum Gasteiger partial charge on any atom is -0.488 e. The van der Waals surface area contributed by atoms with Crippen molar-refractivity contribution in [2.45, 2.75) is 32.4 Å². The highest BCUT2D eigenvalue weighted by atomic mass is 16.5. The van der Waals surface area contributed by atoms with Gasteiger partial charge in [-0.25, -0.2) is 4.79 Å². The van der Waals surface area contributed by atoms with E-state index in [0.717, 1.165) is 16.3 Å². The number of β-lactam (4-membered cyclic amide) rings is 1. The minimum atomic E-state index is -1.17. The molecule has 0 aromatic heterocycles. The molecule has 2 aromatic rings. The molecular formula is C24H28N4O5. The topological polar surface area (TPSA) is 151 Å². The van der Waals surface area contributed by atoms with Crippen LogP contribution in [-0.2, 0) is 16.0 Å². The van der Waals surface area contributed by atoms with Gasteiger partial charge in [0, 0.05) is 23.4 Å². The largest absolute Gasteiger partial charge is 0.488 e. The van der Waals surface area contributed by atoms with E-state index < -0.39 is 18.0 Å². The van der Waals surface area contributed by atoms with Crippen LogP contribution < -0.4 is 16.2 Å². The lowest BCUT2D eigenvalue weighted by Gasteiger charge is -2.46. The van der Waals surface area contributed by atoms with E-state index in [1.54, 1.807) is 6.92 Å². The Morgan fingerprint density at radius 1 is 1.21 bits per heavy atom. The third-order valence-corrected chi connectivity index (χ3v) is 6.55. The van der Waals surface area contributed by atoms with Crippen molar-refractivity contribution in [1.82, 2.24) is 4.90 Å². The van der Waals surface area contributed by atoms with Gasteiger partial charge in [0.15, 0.2) is 5.96 Å². The molecule has 2 heterocycles. The number of ether oxygens (including phenoxy) is 1. The Morgan fingerprint density at radius 3 is 2.58 bits per heavy atom.